The van der Waals surface area contributed by atoms with Crippen molar-refractivity contribution in [2.45, 2.75) is 45.1 Å². The normalized spacial score (nSPS) is 15.2. The molecular formula is C27H25Cl2N3O3S2. The van der Waals surface area contributed by atoms with E-state index in [1.165, 1.54) is 23.1 Å². The van der Waals surface area contributed by atoms with Gasteiger partial charge in [0.2, 0.25) is 5.91 Å². The Morgan fingerprint density at radius 3 is 2.81 bits per heavy atom. The molecule has 1 atom stereocenters. The maximum atomic E-state index is 14.0. The van der Waals surface area contributed by atoms with Crippen LogP contribution in [0.4, 0.5) is 5.69 Å². The van der Waals surface area contributed by atoms with Crippen LogP contribution in [0.2, 0.25) is 10.0 Å². The Morgan fingerprint density at radius 2 is 2.08 bits per heavy atom. The highest BCUT2D eigenvalue weighted by Crippen LogP contribution is 2.36. The highest BCUT2D eigenvalue weighted by Gasteiger charge is 2.29. The number of rotatable bonds is 6. The molecule has 37 heavy (non-hydrogen) atoms. The number of aromatic nitrogens is 2. The Hall–Kier alpha value is -2.36. The van der Waals surface area contributed by atoms with E-state index in [1.54, 1.807) is 22.8 Å². The van der Waals surface area contributed by atoms with Gasteiger partial charge in [-0.2, -0.15) is 0 Å². The number of fused-ring (bicyclic) bond motifs is 3. The van der Waals surface area contributed by atoms with Gasteiger partial charge in [0.1, 0.15) is 4.83 Å². The monoisotopic (exact) mass is 573 g/mol. The first-order valence-electron chi connectivity index (χ1n) is 11.8. The van der Waals surface area contributed by atoms with Gasteiger partial charge in [-0.05, 0) is 54.3 Å². The number of aryl methyl sites for hydroxylation is 1. The average Bonchev–Trinajstić information content (AvgIpc) is 3.22. The smallest absolute Gasteiger partial charge is 0.267 e. The number of thioether (sulfide) groups is 1. The Kier molecular flexibility index (Phi) is 7.65. The number of amides is 1. The lowest BCUT2D eigenvalue weighted by atomic mass is 9.96. The maximum absolute atomic E-state index is 14.0. The lowest BCUT2D eigenvalue weighted by molar-refractivity contribution is -0.113. The van der Waals surface area contributed by atoms with Crippen molar-refractivity contribution in [1.82, 2.24) is 9.55 Å². The van der Waals surface area contributed by atoms with Crippen LogP contribution in [0.3, 0.4) is 0 Å². The average molecular weight is 575 g/mol. The standard InChI is InChI=1S/C27H25Cl2N3O3S2/c1-14(2)21-11-18-22(12-35-21)37-25-24(18)26(34)32(17-6-4-5-15(3)9-17)27(31-25)36-13-23(33)30-20-8-7-16(28)10-19(20)29/h4-10,14,21H,11-13H2,1-3H3,(H,30,33). The second-order valence-corrected chi connectivity index (χ2v) is 12.2. The van der Waals surface area contributed by atoms with E-state index >= 15 is 0 Å². The van der Waals surface area contributed by atoms with E-state index in [9.17, 15) is 9.59 Å². The van der Waals surface area contributed by atoms with Crippen LogP contribution in [0.15, 0.2) is 52.4 Å². The van der Waals surface area contributed by atoms with E-state index in [4.69, 9.17) is 32.9 Å². The SMILES string of the molecule is Cc1cccc(-n2c(SCC(=O)Nc3ccc(Cl)cc3Cl)nc3sc4c(c3c2=O)CC(C(C)C)OC4)c1. The maximum Gasteiger partial charge on any atom is 0.267 e. The molecule has 1 aliphatic heterocycles. The molecule has 2 aromatic heterocycles. The summed E-state index contributed by atoms with van der Waals surface area (Å²) in [6.07, 6.45) is 0.753. The molecule has 4 aromatic rings. The molecule has 0 fully saturated rings. The van der Waals surface area contributed by atoms with E-state index < -0.39 is 0 Å². The number of nitrogens with zero attached hydrogens (tertiary/aromatic N) is 2. The lowest BCUT2D eigenvalue weighted by Gasteiger charge is -2.26. The molecule has 1 amide bonds. The predicted molar refractivity (Wildman–Crippen MR) is 153 cm³/mol. The molecular weight excluding hydrogens is 549 g/mol. The molecule has 0 bridgehead atoms. The van der Waals surface area contributed by atoms with Gasteiger partial charge in [-0.15, -0.1) is 11.3 Å². The van der Waals surface area contributed by atoms with E-state index in [0.29, 0.717) is 50.1 Å². The summed E-state index contributed by atoms with van der Waals surface area (Å²) in [5.74, 6) is 0.127. The zero-order valence-electron chi connectivity index (χ0n) is 20.5. The second kappa shape index (κ2) is 10.8. The summed E-state index contributed by atoms with van der Waals surface area (Å²) in [7, 11) is 0. The van der Waals surface area contributed by atoms with Crippen molar-refractivity contribution in [2.75, 3.05) is 11.1 Å². The molecule has 1 unspecified atom stereocenters. The van der Waals surface area contributed by atoms with Crippen LogP contribution in [-0.2, 0) is 22.6 Å². The summed E-state index contributed by atoms with van der Waals surface area (Å²) >= 11 is 14.9. The van der Waals surface area contributed by atoms with Crippen LogP contribution < -0.4 is 10.9 Å². The summed E-state index contributed by atoms with van der Waals surface area (Å²) in [4.78, 5) is 33.4. The van der Waals surface area contributed by atoms with Crippen LogP contribution in [0.5, 0.6) is 0 Å². The number of carbonyl (C=O) groups excluding carboxylic acids is 1. The largest absolute Gasteiger partial charge is 0.372 e. The van der Waals surface area contributed by atoms with Crippen molar-refractivity contribution >= 4 is 68.1 Å². The number of ether oxygens (including phenoxy) is 1. The summed E-state index contributed by atoms with van der Waals surface area (Å²) in [5.41, 5.74) is 3.13. The van der Waals surface area contributed by atoms with E-state index in [-0.39, 0.29) is 23.3 Å². The third-order valence-corrected chi connectivity index (χ3v) is 8.84. The Bertz CT molecular complexity index is 1560. The van der Waals surface area contributed by atoms with Gasteiger partial charge in [-0.3, -0.25) is 14.2 Å². The predicted octanol–water partition coefficient (Wildman–Crippen LogP) is 6.89. The number of carbonyl (C=O) groups is 1. The molecule has 5 rings (SSSR count). The quantitative estimate of drug-likeness (QED) is 0.201. The molecule has 0 saturated heterocycles. The molecule has 0 aliphatic carbocycles. The number of hydrogen-bond acceptors (Lipinski definition) is 6. The minimum atomic E-state index is -0.266. The molecule has 192 valence electrons. The highest BCUT2D eigenvalue weighted by molar-refractivity contribution is 7.99. The number of nitrogens with one attached hydrogen (secondary N) is 1. The van der Waals surface area contributed by atoms with Crippen LogP contribution >= 0.6 is 46.3 Å². The van der Waals surface area contributed by atoms with Gasteiger partial charge < -0.3 is 10.1 Å². The third kappa shape index (κ3) is 5.45. The topological polar surface area (TPSA) is 73.2 Å². The zero-order valence-corrected chi connectivity index (χ0v) is 23.7. The molecule has 2 aromatic carbocycles. The lowest BCUT2D eigenvalue weighted by Crippen LogP contribution is -2.28. The highest BCUT2D eigenvalue weighted by atomic mass is 35.5. The van der Waals surface area contributed by atoms with Crippen LogP contribution in [0, 0.1) is 12.8 Å². The van der Waals surface area contributed by atoms with Crippen LogP contribution in [0.1, 0.15) is 29.9 Å². The molecule has 6 nitrogen and oxygen atoms in total. The first kappa shape index (κ1) is 26.3. The van der Waals surface area contributed by atoms with Crippen molar-refractivity contribution in [3.63, 3.8) is 0 Å². The molecule has 3 heterocycles. The van der Waals surface area contributed by atoms with E-state index in [0.717, 1.165) is 21.7 Å². The van der Waals surface area contributed by atoms with Gasteiger partial charge in [0.05, 0.1) is 40.2 Å². The fourth-order valence-corrected chi connectivity index (χ4v) is 6.77. The van der Waals surface area contributed by atoms with Gasteiger partial charge in [0, 0.05) is 16.3 Å². The molecule has 1 N–H and O–H groups in total. The van der Waals surface area contributed by atoms with E-state index in [1.807, 2.05) is 31.2 Å². The van der Waals surface area contributed by atoms with Crippen LogP contribution in [0.25, 0.3) is 15.9 Å². The Labute approximate surface area is 233 Å². The number of halogens is 2. The van der Waals surface area contributed by atoms with Gasteiger partial charge in [-0.1, -0.05) is 60.9 Å². The van der Waals surface area contributed by atoms with E-state index in [2.05, 4.69) is 19.2 Å². The third-order valence-electron chi connectivity index (χ3n) is 6.25. The number of thiophene rings is 1. The van der Waals surface area contributed by atoms with Crippen molar-refractivity contribution in [2.24, 2.45) is 5.92 Å². The van der Waals surface area contributed by atoms with Gasteiger partial charge in [0.25, 0.3) is 5.56 Å². The Balaban J connectivity index is 1.53. The zero-order chi connectivity index (χ0) is 26.3. The first-order chi connectivity index (χ1) is 17.7. The molecule has 0 spiro atoms. The molecule has 1 aliphatic rings. The number of benzene rings is 2. The molecule has 0 radical (unpaired) electrons. The van der Waals surface area contributed by atoms with Gasteiger partial charge in [0.15, 0.2) is 5.16 Å². The summed E-state index contributed by atoms with van der Waals surface area (Å²) in [5, 5.41) is 4.75. The minimum Gasteiger partial charge on any atom is -0.372 e. The van der Waals surface area contributed by atoms with Crippen molar-refractivity contribution in [1.29, 1.82) is 0 Å². The second-order valence-electron chi connectivity index (χ2n) is 9.32. The minimum absolute atomic E-state index is 0.0480. The van der Waals surface area contributed by atoms with Crippen molar-refractivity contribution in [3.05, 3.63) is 78.9 Å². The van der Waals surface area contributed by atoms with Crippen molar-refractivity contribution < 1.29 is 9.53 Å². The van der Waals surface area contributed by atoms with Gasteiger partial charge >= 0.3 is 0 Å². The molecule has 10 heteroatoms. The van der Waals surface area contributed by atoms with Gasteiger partial charge in [-0.25, -0.2) is 4.98 Å². The van der Waals surface area contributed by atoms with Crippen molar-refractivity contribution in [3.8, 4) is 5.69 Å². The summed E-state index contributed by atoms with van der Waals surface area (Å²) in [6.45, 7) is 6.72. The summed E-state index contributed by atoms with van der Waals surface area (Å²) in [6, 6.07) is 12.6. The van der Waals surface area contributed by atoms with Crippen LogP contribution in [-0.4, -0.2) is 27.3 Å². The number of hydrogen-bond donors (Lipinski definition) is 1. The molecule has 0 saturated carbocycles. The first-order valence-corrected chi connectivity index (χ1v) is 14.4. The summed E-state index contributed by atoms with van der Waals surface area (Å²) < 4.78 is 7.67. The Morgan fingerprint density at radius 1 is 1.27 bits per heavy atom. The number of anilines is 1. The fraction of sp³-hybridized carbons (Fsp3) is 0.296. The fourth-order valence-electron chi connectivity index (χ4n) is 4.33.